The molecular weight excluding hydrogens is 192 g/mol. The lowest BCUT2D eigenvalue weighted by atomic mass is 9.76. The normalized spacial score (nSPS) is 32.3. The molecule has 0 N–H and O–H groups in total. The molecule has 1 unspecified atom stereocenters. The van der Waals surface area contributed by atoms with E-state index in [0.29, 0.717) is 5.78 Å². The first-order valence-electron chi connectivity index (χ1n) is 3.72. The summed E-state index contributed by atoms with van der Waals surface area (Å²) in [5.41, 5.74) is -0.0770. The molecule has 2 heteroatoms. The van der Waals surface area contributed by atoms with Gasteiger partial charge in [-0.1, -0.05) is 36.2 Å². The molecule has 1 nitrogen and oxygen atoms in total. The van der Waals surface area contributed by atoms with Gasteiger partial charge >= 0.3 is 0 Å². The third-order valence-electron chi connectivity index (χ3n) is 2.21. The Balaban J connectivity index is 2.70. The van der Waals surface area contributed by atoms with Gasteiger partial charge in [0.25, 0.3) is 0 Å². The minimum atomic E-state index is -0.0770. The van der Waals surface area contributed by atoms with Crippen LogP contribution in [0.1, 0.15) is 33.1 Å². The van der Waals surface area contributed by atoms with Crippen LogP contribution < -0.4 is 0 Å². The molecule has 1 atom stereocenters. The first-order valence-corrected chi connectivity index (χ1v) is 4.64. The van der Waals surface area contributed by atoms with Gasteiger partial charge in [-0.05, 0) is 12.8 Å². The highest BCUT2D eigenvalue weighted by molar-refractivity contribution is 9.10. The number of rotatable bonds is 0. The van der Waals surface area contributed by atoms with E-state index in [9.17, 15) is 4.79 Å². The molecule has 0 spiro atoms. The summed E-state index contributed by atoms with van der Waals surface area (Å²) in [6.45, 7) is 4.06. The number of Topliss-reactive ketones (excluding diaryl/α,β-unsaturated/α-hetero) is 1. The van der Waals surface area contributed by atoms with Crippen LogP contribution in [0.15, 0.2) is 0 Å². The second-order valence-corrected chi connectivity index (χ2v) is 4.71. The van der Waals surface area contributed by atoms with E-state index in [4.69, 9.17) is 0 Å². The van der Waals surface area contributed by atoms with Crippen LogP contribution in [0.2, 0.25) is 0 Å². The van der Waals surface area contributed by atoms with Crippen molar-refractivity contribution in [3.8, 4) is 0 Å². The van der Waals surface area contributed by atoms with Gasteiger partial charge in [0.05, 0.1) is 4.83 Å². The van der Waals surface area contributed by atoms with E-state index in [-0.39, 0.29) is 10.2 Å². The van der Waals surface area contributed by atoms with Crippen LogP contribution in [-0.4, -0.2) is 10.6 Å². The monoisotopic (exact) mass is 204 g/mol. The summed E-state index contributed by atoms with van der Waals surface area (Å²) in [6, 6.07) is 0. The molecular formula is C8H13BrO. The van der Waals surface area contributed by atoms with Crippen molar-refractivity contribution in [2.75, 3.05) is 0 Å². The van der Waals surface area contributed by atoms with E-state index in [1.54, 1.807) is 0 Å². The van der Waals surface area contributed by atoms with Gasteiger partial charge in [0.15, 0.2) is 5.78 Å². The molecule has 1 fully saturated rings. The minimum absolute atomic E-state index is 0.0770. The Morgan fingerprint density at radius 1 is 1.60 bits per heavy atom. The number of carbonyl (C=O) groups excluding carboxylic acids is 1. The third-order valence-corrected chi connectivity index (χ3v) is 3.08. The molecule has 0 aromatic heterocycles. The molecule has 0 aliphatic heterocycles. The Kier molecular flexibility index (Phi) is 2.18. The van der Waals surface area contributed by atoms with Crippen LogP contribution in [0.5, 0.6) is 0 Å². The Bertz CT molecular complexity index is 151. The van der Waals surface area contributed by atoms with Crippen molar-refractivity contribution < 1.29 is 4.79 Å². The Morgan fingerprint density at radius 2 is 2.20 bits per heavy atom. The summed E-state index contributed by atoms with van der Waals surface area (Å²) in [5.74, 6) is 0.374. The maximum absolute atomic E-state index is 11.4. The largest absolute Gasteiger partial charge is 0.298 e. The maximum atomic E-state index is 11.4. The molecule has 0 saturated heterocycles. The van der Waals surface area contributed by atoms with Gasteiger partial charge < -0.3 is 0 Å². The summed E-state index contributed by atoms with van der Waals surface area (Å²) in [7, 11) is 0. The van der Waals surface area contributed by atoms with Gasteiger partial charge in [-0.2, -0.15) is 0 Å². The van der Waals surface area contributed by atoms with Crippen LogP contribution in [-0.2, 0) is 4.79 Å². The van der Waals surface area contributed by atoms with Crippen LogP contribution in [0.4, 0.5) is 0 Å². The molecule has 58 valence electrons. The minimum Gasteiger partial charge on any atom is -0.298 e. The van der Waals surface area contributed by atoms with Crippen LogP contribution in [0, 0.1) is 5.41 Å². The number of ketones is 1. The molecule has 10 heavy (non-hydrogen) atoms. The number of hydrogen-bond donors (Lipinski definition) is 0. The number of halogens is 1. The standard InChI is InChI=1S/C8H13BrO/c1-8(2)5-3-4-6(9)7(8)10/h6H,3-5H2,1-2H3. The number of alkyl halides is 1. The lowest BCUT2D eigenvalue weighted by Crippen LogP contribution is -2.35. The Hall–Kier alpha value is 0.150. The average Bonchev–Trinajstić information content (AvgIpc) is 1.83. The van der Waals surface area contributed by atoms with Gasteiger partial charge in [0, 0.05) is 5.41 Å². The quantitative estimate of drug-likeness (QED) is 0.555. The third kappa shape index (κ3) is 1.42. The lowest BCUT2D eigenvalue weighted by Gasteiger charge is -2.30. The van der Waals surface area contributed by atoms with Crippen molar-refractivity contribution in [1.82, 2.24) is 0 Å². The van der Waals surface area contributed by atoms with Crippen molar-refractivity contribution in [2.45, 2.75) is 37.9 Å². The zero-order valence-electron chi connectivity index (χ0n) is 6.48. The topological polar surface area (TPSA) is 17.1 Å². The van der Waals surface area contributed by atoms with Gasteiger partial charge in [0.1, 0.15) is 0 Å². The van der Waals surface area contributed by atoms with E-state index >= 15 is 0 Å². The highest BCUT2D eigenvalue weighted by atomic mass is 79.9. The van der Waals surface area contributed by atoms with Gasteiger partial charge in [-0.25, -0.2) is 0 Å². The maximum Gasteiger partial charge on any atom is 0.152 e. The van der Waals surface area contributed by atoms with E-state index < -0.39 is 0 Å². The molecule has 0 heterocycles. The molecule has 0 bridgehead atoms. The first-order chi connectivity index (χ1) is 4.54. The van der Waals surface area contributed by atoms with Crippen molar-refractivity contribution >= 4 is 21.7 Å². The van der Waals surface area contributed by atoms with E-state index in [1.807, 2.05) is 13.8 Å². The average molecular weight is 205 g/mol. The van der Waals surface area contributed by atoms with Gasteiger partial charge in [0.2, 0.25) is 0 Å². The zero-order valence-corrected chi connectivity index (χ0v) is 8.07. The van der Waals surface area contributed by atoms with Gasteiger partial charge in [-0.3, -0.25) is 4.79 Å². The first kappa shape index (κ1) is 8.25. The highest BCUT2D eigenvalue weighted by Crippen LogP contribution is 2.34. The number of carbonyl (C=O) groups is 1. The molecule has 0 aromatic carbocycles. The van der Waals surface area contributed by atoms with Gasteiger partial charge in [-0.15, -0.1) is 0 Å². The predicted octanol–water partition coefficient (Wildman–Crippen LogP) is 2.53. The Labute approximate surface area is 70.3 Å². The Morgan fingerprint density at radius 3 is 2.60 bits per heavy atom. The SMILES string of the molecule is CC1(C)CCCC(Br)C1=O. The van der Waals surface area contributed by atoms with Crippen LogP contribution in [0.25, 0.3) is 0 Å². The van der Waals surface area contributed by atoms with Crippen molar-refractivity contribution in [1.29, 1.82) is 0 Å². The molecule has 0 amide bonds. The molecule has 1 aliphatic rings. The molecule has 0 aromatic rings. The fraction of sp³-hybridized carbons (Fsp3) is 0.875. The summed E-state index contributed by atoms with van der Waals surface area (Å²) < 4.78 is 0. The van der Waals surface area contributed by atoms with Crippen molar-refractivity contribution in [3.05, 3.63) is 0 Å². The fourth-order valence-electron chi connectivity index (χ4n) is 1.40. The molecule has 1 aliphatic carbocycles. The van der Waals surface area contributed by atoms with Crippen molar-refractivity contribution in [3.63, 3.8) is 0 Å². The smallest absolute Gasteiger partial charge is 0.152 e. The van der Waals surface area contributed by atoms with E-state index in [0.717, 1.165) is 12.8 Å². The molecule has 0 radical (unpaired) electrons. The zero-order chi connectivity index (χ0) is 7.78. The molecule has 1 rings (SSSR count). The predicted molar refractivity (Wildman–Crippen MR) is 45.4 cm³/mol. The number of hydrogen-bond acceptors (Lipinski definition) is 1. The highest BCUT2D eigenvalue weighted by Gasteiger charge is 2.35. The summed E-state index contributed by atoms with van der Waals surface area (Å²) in [5, 5.41) is 0. The fourth-order valence-corrected chi connectivity index (χ4v) is 2.34. The van der Waals surface area contributed by atoms with Crippen LogP contribution in [0.3, 0.4) is 0 Å². The lowest BCUT2D eigenvalue weighted by molar-refractivity contribution is -0.128. The second-order valence-electron chi connectivity index (χ2n) is 3.61. The summed E-state index contributed by atoms with van der Waals surface area (Å²) in [4.78, 5) is 11.5. The second kappa shape index (κ2) is 2.65. The van der Waals surface area contributed by atoms with Crippen molar-refractivity contribution in [2.24, 2.45) is 5.41 Å². The molecule has 1 saturated carbocycles. The van der Waals surface area contributed by atoms with E-state index in [1.165, 1.54) is 6.42 Å². The van der Waals surface area contributed by atoms with E-state index in [2.05, 4.69) is 15.9 Å². The summed E-state index contributed by atoms with van der Waals surface area (Å²) in [6.07, 6.45) is 3.24. The summed E-state index contributed by atoms with van der Waals surface area (Å²) >= 11 is 3.38. The van der Waals surface area contributed by atoms with Crippen LogP contribution >= 0.6 is 15.9 Å².